The van der Waals surface area contributed by atoms with Gasteiger partial charge in [0.15, 0.2) is 5.43 Å². The number of para-hydroxylation sites is 1. The molecule has 0 amide bonds. The largest absolute Gasteiger partial charge is 0.289 e. The molecule has 0 radical (unpaired) electrons. The maximum atomic E-state index is 12.3. The number of rotatable bonds is 3. The Hall–Kier alpha value is -2.75. The van der Waals surface area contributed by atoms with Gasteiger partial charge in [0.05, 0.1) is 11.2 Å². The van der Waals surface area contributed by atoms with E-state index in [0.717, 1.165) is 11.2 Å². The molecule has 22 heavy (non-hydrogen) atoms. The van der Waals surface area contributed by atoms with Crippen molar-refractivity contribution in [2.45, 2.75) is 13.8 Å². The summed E-state index contributed by atoms with van der Waals surface area (Å²) in [7, 11) is 0. The van der Waals surface area contributed by atoms with Crippen LogP contribution in [0.25, 0.3) is 22.9 Å². The molecule has 0 saturated heterocycles. The van der Waals surface area contributed by atoms with E-state index in [-0.39, 0.29) is 5.43 Å². The molecule has 0 aliphatic carbocycles. The second-order valence-electron chi connectivity index (χ2n) is 5.44. The van der Waals surface area contributed by atoms with Gasteiger partial charge in [0.1, 0.15) is 0 Å². The second-order valence-corrected chi connectivity index (χ2v) is 5.44. The number of aromatic nitrogens is 3. The predicted octanol–water partition coefficient (Wildman–Crippen LogP) is 3.45. The van der Waals surface area contributed by atoms with Gasteiger partial charge in [-0.05, 0) is 30.2 Å². The number of fused-ring (bicyclic) bond motifs is 1. The molecular formula is C18H17N3O. The lowest BCUT2D eigenvalue weighted by Crippen LogP contribution is -2.12. The second kappa shape index (κ2) is 5.93. The molecule has 1 aromatic carbocycles. The van der Waals surface area contributed by atoms with Gasteiger partial charge in [-0.3, -0.25) is 9.36 Å². The van der Waals surface area contributed by atoms with E-state index in [1.165, 1.54) is 0 Å². The van der Waals surface area contributed by atoms with Crippen molar-refractivity contribution < 1.29 is 0 Å². The summed E-state index contributed by atoms with van der Waals surface area (Å²) >= 11 is 0. The van der Waals surface area contributed by atoms with Crippen molar-refractivity contribution in [3.8, 4) is 5.95 Å². The van der Waals surface area contributed by atoms with Crippen LogP contribution < -0.4 is 5.43 Å². The summed E-state index contributed by atoms with van der Waals surface area (Å²) < 4.78 is 1.91. The Labute approximate surface area is 128 Å². The minimum Gasteiger partial charge on any atom is -0.289 e. The van der Waals surface area contributed by atoms with E-state index in [4.69, 9.17) is 0 Å². The zero-order valence-electron chi connectivity index (χ0n) is 12.6. The van der Waals surface area contributed by atoms with Gasteiger partial charge in [-0.2, -0.15) is 0 Å². The third-order valence-electron chi connectivity index (χ3n) is 3.35. The monoisotopic (exact) mass is 291 g/mol. The SMILES string of the molecule is CC(C)/C=C/c1cc(=O)c2ccccc2n1-c1ncccn1. The van der Waals surface area contributed by atoms with Crippen LogP contribution in [0, 0.1) is 5.92 Å². The fourth-order valence-electron chi connectivity index (χ4n) is 2.34. The molecule has 0 N–H and O–H groups in total. The molecule has 4 nitrogen and oxygen atoms in total. The van der Waals surface area contributed by atoms with Crippen LogP contribution in [0.1, 0.15) is 19.5 Å². The van der Waals surface area contributed by atoms with Crippen molar-refractivity contribution in [3.63, 3.8) is 0 Å². The standard InChI is InChI=1S/C18H17N3O/c1-13(2)8-9-14-12-17(22)15-6-3-4-7-16(15)21(14)18-19-10-5-11-20-18/h3-13H,1-2H3/b9-8+. The Morgan fingerprint density at radius 1 is 1.09 bits per heavy atom. The van der Waals surface area contributed by atoms with Crippen molar-refractivity contribution >= 4 is 17.0 Å². The smallest absolute Gasteiger partial charge is 0.234 e. The van der Waals surface area contributed by atoms with Crippen LogP contribution in [-0.4, -0.2) is 14.5 Å². The average molecular weight is 291 g/mol. The van der Waals surface area contributed by atoms with Crippen molar-refractivity contribution in [2.75, 3.05) is 0 Å². The Morgan fingerprint density at radius 3 is 2.55 bits per heavy atom. The molecule has 2 heterocycles. The number of hydrogen-bond acceptors (Lipinski definition) is 3. The van der Waals surface area contributed by atoms with Gasteiger partial charge in [-0.15, -0.1) is 0 Å². The van der Waals surface area contributed by atoms with Crippen LogP contribution in [0.2, 0.25) is 0 Å². The van der Waals surface area contributed by atoms with Gasteiger partial charge in [0.2, 0.25) is 5.95 Å². The van der Waals surface area contributed by atoms with Gasteiger partial charge in [0.25, 0.3) is 0 Å². The first kappa shape index (κ1) is 14.2. The van der Waals surface area contributed by atoms with Crippen LogP contribution in [-0.2, 0) is 0 Å². The third-order valence-corrected chi connectivity index (χ3v) is 3.35. The summed E-state index contributed by atoms with van der Waals surface area (Å²) in [4.78, 5) is 21.0. The van der Waals surface area contributed by atoms with Gasteiger partial charge in [0, 0.05) is 23.8 Å². The van der Waals surface area contributed by atoms with Crippen molar-refractivity contribution in [1.82, 2.24) is 14.5 Å². The summed E-state index contributed by atoms with van der Waals surface area (Å²) in [6.45, 7) is 4.19. The first-order valence-electron chi connectivity index (χ1n) is 7.27. The molecule has 0 fully saturated rings. The highest BCUT2D eigenvalue weighted by molar-refractivity contribution is 5.81. The Bertz CT molecular complexity index is 880. The molecule has 110 valence electrons. The van der Waals surface area contributed by atoms with E-state index in [1.807, 2.05) is 34.9 Å². The number of nitrogens with zero attached hydrogens (tertiary/aromatic N) is 3. The minimum atomic E-state index is 0.00573. The van der Waals surface area contributed by atoms with E-state index in [1.54, 1.807) is 24.5 Å². The van der Waals surface area contributed by atoms with E-state index in [2.05, 4.69) is 29.9 Å². The molecule has 0 bridgehead atoms. The number of benzene rings is 1. The Balaban J connectivity index is 2.37. The summed E-state index contributed by atoms with van der Waals surface area (Å²) in [6.07, 6.45) is 7.41. The van der Waals surface area contributed by atoms with Crippen LogP contribution >= 0.6 is 0 Å². The molecule has 0 saturated carbocycles. The lowest BCUT2D eigenvalue weighted by Gasteiger charge is -2.13. The zero-order valence-corrected chi connectivity index (χ0v) is 12.6. The molecular weight excluding hydrogens is 274 g/mol. The molecule has 3 rings (SSSR count). The van der Waals surface area contributed by atoms with Crippen LogP contribution in [0.4, 0.5) is 0 Å². The summed E-state index contributed by atoms with van der Waals surface area (Å²) in [5.41, 5.74) is 1.60. The van der Waals surface area contributed by atoms with E-state index >= 15 is 0 Å². The highest BCUT2D eigenvalue weighted by Gasteiger charge is 2.10. The topological polar surface area (TPSA) is 47.8 Å². The van der Waals surface area contributed by atoms with Gasteiger partial charge >= 0.3 is 0 Å². The van der Waals surface area contributed by atoms with Crippen molar-refractivity contribution in [1.29, 1.82) is 0 Å². The third kappa shape index (κ3) is 2.68. The summed E-state index contributed by atoms with van der Waals surface area (Å²) in [5.74, 6) is 0.953. The molecule has 0 aliphatic heterocycles. The summed E-state index contributed by atoms with van der Waals surface area (Å²) in [5, 5.41) is 0.664. The lowest BCUT2D eigenvalue weighted by molar-refractivity contribution is 0.834. The molecule has 0 atom stereocenters. The van der Waals surface area contributed by atoms with E-state index in [9.17, 15) is 4.79 Å². The maximum absolute atomic E-state index is 12.3. The number of pyridine rings is 1. The van der Waals surface area contributed by atoms with Crippen molar-refractivity contribution in [2.24, 2.45) is 5.92 Å². The fourth-order valence-corrected chi connectivity index (χ4v) is 2.34. The van der Waals surface area contributed by atoms with Crippen molar-refractivity contribution in [3.05, 3.63) is 70.8 Å². The van der Waals surface area contributed by atoms with Crippen LogP contribution in [0.5, 0.6) is 0 Å². The normalized spacial score (nSPS) is 11.6. The minimum absolute atomic E-state index is 0.00573. The first-order chi connectivity index (χ1) is 10.7. The van der Waals surface area contributed by atoms with E-state index in [0.29, 0.717) is 17.3 Å². The van der Waals surface area contributed by atoms with E-state index < -0.39 is 0 Å². The highest BCUT2D eigenvalue weighted by atomic mass is 16.1. The Kier molecular flexibility index (Phi) is 3.83. The van der Waals surface area contributed by atoms with Gasteiger partial charge in [-0.1, -0.05) is 32.1 Å². The zero-order chi connectivity index (χ0) is 15.5. The first-order valence-corrected chi connectivity index (χ1v) is 7.27. The number of hydrogen-bond donors (Lipinski definition) is 0. The van der Waals surface area contributed by atoms with Crippen LogP contribution in [0.15, 0.2) is 59.7 Å². The number of allylic oxidation sites excluding steroid dienone is 1. The maximum Gasteiger partial charge on any atom is 0.234 e. The molecule has 3 aromatic rings. The molecule has 0 spiro atoms. The fraction of sp³-hybridized carbons (Fsp3) is 0.167. The highest BCUT2D eigenvalue weighted by Crippen LogP contribution is 2.18. The molecule has 0 unspecified atom stereocenters. The van der Waals surface area contributed by atoms with Gasteiger partial charge < -0.3 is 0 Å². The quantitative estimate of drug-likeness (QED) is 0.742. The molecule has 2 aromatic heterocycles. The molecule has 0 aliphatic rings. The Morgan fingerprint density at radius 2 is 1.82 bits per heavy atom. The predicted molar refractivity (Wildman–Crippen MR) is 89.0 cm³/mol. The summed E-state index contributed by atoms with van der Waals surface area (Å²) in [6, 6.07) is 10.9. The van der Waals surface area contributed by atoms with Gasteiger partial charge in [-0.25, -0.2) is 9.97 Å². The molecule has 4 heteroatoms. The van der Waals surface area contributed by atoms with Crippen LogP contribution in [0.3, 0.4) is 0 Å². The lowest BCUT2D eigenvalue weighted by atomic mass is 10.1. The average Bonchev–Trinajstić information content (AvgIpc) is 2.54.